The zero-order valence-corrected chi connectivity index (χ0v) is 9.11. The molecule has 0 unspecified atom stereocenters. The van der Waals surface area contributed by atoms with E-state index in [4.69, 9.17) is 17.3 Å². The fourth-order valence-corrected chi connectivity index (χ4v) is 1.60. The molecule has 0 saturated heterocycles. The van der Waals surface area contributed by atoms with Crippen LogP contribution in [0.5, 0.6) is 0 Å². The largest absolute Gasteiger partial charge is 0.383 e. The highest BCUT2D eigenvalue weighted by Crippen LogP contribution is 2.23. The monoisotopic (exact) mass is 232 g/mol. The SMILES string of the molecule is Nc1ncc(-c2cccc(Cl)c2)cc1C=O. The first-order valence-electron chi connectivity index (χ1n) is 4.67. The van der Waals surface area contributed by atoms with E-state index >= 15 is 0 Å². The Kier molecular flexibility index (Phi) is 2.88. The van der Waals surface area contributed by atoms with E-state index in [0.717, 1.165) is 11.1 Å². The Hall–Kier alpha value is -1.87. The highest BCUT2D eigenvalue weighted by atomic mass is 35.5. The van der Waals surface area contributed by atoms with Crippen molar-refractivity contribution in [1.29, 1.82) is 0 Å². The van der Waals surface area contributed by atoms with Crippen molar-refractivity contribution in [3.8, 4) is 11.1 Å². The number of aromatic nitrogens is 1. The molecule has 2 rings (SSSR count). The number of rotatable bonds is 2. The summed E-state index contributed by atoms with van der Waals surface area (Å²) in [6.45, 7) is 0. The molecular weight excluding hydrogens is 224 g/mol. The molecule has 0 aliphatic rings. The smallest absolute Gasteiger partial charge is 0.153 e. The fourth-order valence-electron chi connectivity index (χ4n) is 1.41. The third kappa shape index (κ3) is 2.04. The third-order valence-electron chi connectivity index (χ3n) is 2.23. The average Bonchev–Trinajstić information content (AvgIpc) is 2.29. The Morgan fingerprint density at radius 2 is 2.06 bits per heavy atom. The van der Waals surface area contributed by atoms with Gasteiger partial charge in [0, 0.05) is 16.8 Å². The van der Waals surface area contributed by atoms with Gasteiger partial charge in [0.25, 0.3) is 0 Å². The molecule has 1 aromatic carbocycles. The number of hydrogen-bond donors (Lipinski definition) is 1. The maximum atomic E-state index is 10.7. The van der Waals surface area contributed by atoms with Crippen LogP contribution in [-0.4, -0.2) is 11.3 Å². The number of hydrogen-bond acceptors (Lipinski definition) is 3. The first-order chi connectivity index (χ1) is 7.70. The molecule has 0 radical (unpaired) electrons. The molecule has 0 spiro atoms. The van der Waals surface area contributed by atoms with Crippen LogP contribution in [0.1, 0.15) is 10.4 Å². The molecule has 0 atom stereocenters. The Balaban J connectivity index is 2.52. The normalized spacial score (nSPS) is 10.1. The molecule has 0 bridgehead atoms. The summed E-state index contributed by atoms with van der Waals surface area (Å²) in [4.78, 5) is 14.7. The number of benzene rings is 1. The number of nitrogens with two attached hydrogens (primary N) is 1. The van der Waals surface area contributed by atoms with Gasteiger partial charge in [-0.3, -0.25) is 4.79 Å². The summed E-state index contributed by atoms with van der Waals surface area (Å²) in [5.41, 5.74) is 7.65. The molecule has 0 saturated carbocycles. The van der Waals surface area contributed by atoms with E-state index in [2.05, 4.69) is 4.98 Å². The molecule has 2 aromatic rings. The number of halogens is 1. The van der Waals surface area contributed by atoms with Crippen LogP contribution in [0.3, 0.4) is 0 Å². The molecule has 2 N–H and O–H groups in total. The summed E-state index contributed by atoms with van der Waals surface area (Å²) in [7, 11) is 0. The number of anilines is 1. The van der Waals surface area contributed by atoms with Gasteiger partial charge < -0.3 is 5.73 Å². The van der Waals surface area contributed by atoms with Crippen LogP contribution < -0.4 is 5.73 Å². The summed E-state index contributed by atoms with van der Waals surface area (Å²) in [6, 6.07) is 9.03. The lowest BCUT2D eigenvalue weighted by Gasteiger charge is -2.04. The predicted molar refractivity (Wildman–Crippen MR) is 64.5 cm³/mol. The molecule has 0 fully saturated rings. The van der Waals surface area contributed by atoms with E-state index in [1.54, 1.807) is 18.3 Å². The summed E-state index contributed by atoms with van der Waals surface area (Å²) in [5.74, 6) is 0.237. The van der Waals surface area contributed by atoms with Gasteiger partial charge in [0.05, 0.1) is 5.56 Å². The molecule has 80 valence electrons. The van der Waals surface area contributed by atoms with Crippen LogP contribution in [0.15, 0.2) is 36.5 Å². The van der Waals surface area contributed by atoms with E-state index in [-0.39, 0.29) is 5.82 Å². The minimum Gasteiger partial charge on any atom is -0.383 e. The van der Waals surface area contributed by atoms with Crippen LogP contribution in [0.25, 0.3) is 11.1 Å². The Bertz CT molecular complexity index is 540. The molecule has 1 aromatic heterocycles. The van der Waals surface area contributed by atoms with Crippen LogP contribution in [0, 0.1) is 0 Å². The lowest BCUT2D eigenvalue weighted by Crippen LogP contribution is -1.96. The first-order valence-corrected chi connectivity index (χ1v) is 5.05. The second kappa shape index (κ2) is 4.33. The van der Waals surface area contributed by atoms with Gasteiger partial charge in [-0.15, -0.1) is 0 Å². The minimum absolute atomic E-state index is 0.237. The number of nitrogen functional groups attached to an aromatic ring is 1. The summed E-state index contributed by atoms with van der Waals surface area (Å²) >= 11 is 5.89. The quantitative estimate of drug-likeness (QED) is 0.810. The summed E-state index contributed by atoms with van der Waals surface area (Å²) in [6.07, 6.45) is 2.31. The Morgan fingerprint density at radius 3 is 2.75 bits per heavy atom. The van der Waals surface area contributed by atoms with Crippen molar-refractivity contribution in [2.45, 2.75) is 0 Å². The summed E-state index contributed by atoms with van der Waals surface area (Å²) < 4.78 is 0. The van der Waals surface area contributed by atoms with Crippen molar-refractivity contribution in [2.75, 3.05) is 5.73 Å². The number of carbonyl (C=O) groups is 1. The Labute approximate surface area is 97.9 Å². The average molecular weight is 233 g/mol. The van der Waals surface area contributed by atoms with Crippen molar-refractivity contribution < 1.29 is 4.79 Å². The van der Waals surface area contributed by atoms with E-state index in [0.29, 0.717) is 16.9 Å². The maximum Gasteiger partial charge on any atom is 0.153 e. The highest BCUT2D eigenvalue weighted by molar-refractivity contribution is 6.30. The number of carbonyl (C=O) groups excluding carboxylic acids is 1. The fraction of sp³-hybridized carbons (Fsp3) is 0. The standard InChI is InChI=1S/C12H9ClN2O/c13-11-3-1-2-8(5-11)9-4-10(7-16)12(14)15-6-9/h1-7H,(H2,14,15). The van der Waals surface area contributed by atoms with Gasteiger partial charge in [0.1, 0.15) is 5.82 Å². The zero-order valence-electron chi connectivity index (χ0n) is 8.35. The van der Waals surface area contributed by atoms with Gasteiger partial charge in [-0.2, -0.15) is 0 Å². The topological polar surface area (TPSA) is 56.0 Å². The third-order valence-corrected chi connectivity index (χ3v) is 2.47. The number of aldehydes is 1. The predicted octanol–water partition coefficient (Wildman–Crippen LogP) is 2.80. The van der Waals surface area contributed by atoms with E-state index in [9.17, 15) is 4.79 Å². The van der Waals surface area contributed by atoms with Gasteiger partial charge in [-0.05, 0) is 23.8 Å². The van der Waals surface area contributed by atoms with Crippen molar-refractivity contribution in [2.24, 2.45) is 0 Å². The van der Waals surface area contributed by atoms with E-state index in [1.165, 1.54) is 0 Å². The lowest BCUT2D eigenvalue weighted by atomic mass is 10.1. The first kappa shape index (κ1) is 10.6. The van der Waals surface area contributed by atoms with Crippen LogP contribution in [-0.2, 0) is 0 Å². The molecule has 1 heterocycles. The lowest BCUT2D eigenvalue weighted by molar-refractivity contribution is 0.112. The van der Waals surface area contributed by atoms with Crippen LogP contribution in [0.2, 0.25) is 5.02 Å². The van der Waals surface area contributed by atoms with Gasteiger partial charge in [-0.1, -0.05) is 23.7 Å². The highest BCUT2D eigenvalue weighted by Gasteiger charge is 2.03. The minimum atomic E-state index is 0.237. The van der Waals surface area contributed by atoms with Gasteiger partial charge in [0.2, 0.25) is 0 Å². The van der Waals surface area contributed by atoms with Gasteiger partial charge in [0.15, 0.2) is 6.29 Å². The second-order valence-corrected chi connectivity index (χ2v) is 3.76. The molecule has 0 amide bonds. The number of pyridine rings is 1. The van der Waals surface area contributed by atoms with Crippen molar-refractivity contribution in [1.82, 2.24) is 4.98 Å². The Morgan fingerprint density at radius 1 is 1.25 bits per heavy atom. The van der Waals surface area contributed by atoms with Gasteiger partial charge >= 0.3 is 0 Å². The van der Waals surface area contributed by atoms with E-state index in [1.807, 2.05) is 18.2 Å². The molecule has 16 heavy (non-hydrogen) atoms. The van der Waals surface area contributed by atoms with Gasteiger partial charge in [-0.25, -0.2) is 4.98 Å². The van der Waals surface area contributed by atoms with Crippen molar-refractivity contribution >= 4 is 23.7 Å². The molecule has 0 aliphatic heterocycles. The molecule has 3 nitrogen and oxygen atoms in total. The van der Waals surface area contributed by atoms with Crippen LogP contribution >= 0.6 is 11.6 Å². The molecular formula is C12H9ClN2O. The second-order valence-electron chi connectivity index (χ2n) is 3.33. The van der Waals surface area contributed by atoms with Crippen molar-refractivity contribution in [3.05, 3.63) is 47.1 Å². The van der Waals surface area contributed by atoms with Crippen LogP contribution in [0.4, 0.5) is 5.82 Å². The molecule has 0 aliphatic carbocycles. The van der Waals surface area contributed by atoms with E-state index < -0.39 is 0 Å². The zero-order chi connectivity index (χ0) is 11.5. The summed E-state index contributed by atoms with van der Waals surface area (Å²) in [5, 5.41) is 0.641. The number of nitrogens with zero attached hydrogens (tertiary/aromatic N) is 1. The van der Waals surface area contributed by atoms with Crippen molar-refractivity contribution in [3.63, 3.8) is 0 Å². The molecule has 4 heteroatoms. The maximum absolute atomic E-state index is 10.7.